The Kier molecular flexibility index (Phi) is 3.39. The summed E-state index contributed by atoms with van der Waals surface area (Å²) < 4.78 is 12.4. The van der Waals surface area contributed by atoms with E-state index in [-0.39, 0.29) is 11.9 Å². The lowest BCUT2D eigenvalue weighted by atomic mass is 9.89. The van der Waals surface area contributed by atoms with Gasteiger partial charge in [0.15, 0.2) is 5.78 Å². The van der Waals surface area contributed by atoms with Gasteiger partial charge in [-0.3, -0.25) is 4.79 Å². The summed E-state index contributed by atoms with van der Waals surface area (Å²) in [6.45, 7) is 1.55. The van der Waals surface area contributed by atoms with Crippen LogP contribution in [0.2, 0.25) is 0 Å². The number of halogens is 1. The van der Waals surface area contributed by atoms with Gasteiger partial charge in [-0.25, -0.2) is 0 Å². The molecule has 2 heterocycles. The van der Waals surface area contributed by atoms with Crippen molar-refractivity contribution in [2.24, 2.45) is 5.92 Å². The van der Waals surface area contributed by atoms with Crippen molar-refractivity contribution in [3.8, 4) is 5.75 Å². The number of fused-ring (bicyclic) bond motifs is 1. The highest BCUT2D eigenvalue weighted by Crippen LogP contribution is 2.34. The minimum atomic E-state index is -0.0218. The molecule has 4 heteroatoms. The van der Waals surface area contributed by atoms with E-state index in [2.05, 4.69) is 15.9 Å². The van der Waals surface area contributed by atoms with E-state index in [9.17, 15) is 4.79 Å². The number of rotatable bonds is 1. The third kappa shape index (κ3) is 2.31. The van der Waals surface area contributed by atoms with E-state index in [0.717, 1.165) is 23.9 Å². The van der Waals surface area contributed by atoms with Crippen molar-refractivity contribution in [3.63, 3.8) is 0 Å². The van der Waals surface area contributed by atoms with Crippen LogP contribution in [0, 0.1) is 5.92 Å². The minimum absolute atomic E-state index is 0.0218. The molecule has 2 atom stereocenters. The number of carbonyl (C=O) groups is 1. The Labute approximate surface area is 115 Å². The molecule has 0 radical (unpaired) electrons. The zero-order valence-electron chi connectivity index (χ0n) is 10.0. The summed E-state index contributed by atoms with van der Waals surface area (Å²) in [5.41, 5.74) is 0.692. The van der Waals surface area contributed by atoms with Gasteiger partial charge in [0, 0.05) is 23.4 Å². The molecular weight excluding hydrogens is 296 g/mol. The maximum atomic E-state index is 12.1. The summed E-state index contributed by atoms with van der Waals surface area (Å²) in [5.74, 6) is 1.23. The van der Waals surface area contributed by atoms with E-state index in [4.69, 9.17) is 9.47 Å². The van der Waals surface area contributed by atoms with Crippen molar-refractivity contribution >= 4 is 21.7 Å². The van der Waals surface area contributed by atoms with Crippen molar-refractivity contribution in [2.75, 3.05) is 13.2 Å². The van der Waals surface area contributed by atoms with Crippen LogP contribution in [0.1, 0.15) is 29.6 Å². The molecule has 3 rings (SSSR count). The van der Waals surface area contributed by atoms with E-state index in [1.165, 1.54) is 0 Å². The molecule has 0 unspecified atom stereocenters. The van der Waals surface area contributed by atoms with Gasteiger partial charge >= 0.3 is 0 Å². The number of carbonyl (C=O) groups excluding carboxylic acids is 1. The van der Waals surface area contributed by atoms with E-state index in [1.54, 1.807) is 0 Å². The molecule has 1 aromatic rings. The molecule has 0 spiro atoms. The quantitative estimate of drug-likeness (QED) is 0.799. The summed E-state index contributed by atoms with van der Waals surface area (Å²) in [5, 5.41) is 0. The van der Waals surface area contributed by atoms with Crippen LogP contribution in [-0.2, 0) is 4.74 Å². The van der Waals surface area contributed by atoms with Crippen molar-refractivity contribution in [1.82, 2.24) is 0 Å². The van der Waals surface area contributed by atoms with Crippen molar-refractivity contribution < 1.29 is 14.3 Å². The van der Waals surface area contributed by atoms with Crippen LogP contribution in [0.3, 0.4) is 0 Å². The van der Waals surface area contributed by atoms with Gasteiger partial charge in [0.25, 0.3) is 0 Å². The minimum Gasteiger partial charge on any atom is -0.489 e. The normalized spacial score (nSPS) is 27.5. The lowest BCUT2D eigenvalue weighted by Gasteiger charge is -2.33. The monoisotopic (exact) mass is 310 g/mol. The fourth-order valence-corrected chi connectivity index (χ4v) is 3.00. The first kappa shape index (κ1) is 12.2. The Balaban J connectivity index is 1.82. The third-order valence-electron chi connectivity index (χ3n) is 3.63. The molecular formula is C14H15BrO3. The molecule has 1 aromatic carbocycles. The average molecular weight is 311 g/mol. The highest BCUT2D eigenvalue weighted by molar-refractivity contribution is 9.10. The second-order valence-electron chi connectivity index (χ2n) is 4.90. The molecule has 0 N–H and O–H groups in total. The van der Waals surface area contributed by atoms with Gasteiger partial charge in [0.05, 0.1) is 12.2 Å². The molecule has 1 saturated heterocycles. The number of ether oxygens (including phenoxy) is 2. The van der Waals surface area contributed by atoms with Gasteiger partial charge in [-0.05, 0) is 31.0 Å². The van der Waals surface area contributed by atoms with E-state index in [1.807, 2.05) is 18.2 Å². The van der Waals surface area contributed by atoms with Crippen LogP contribution in [0.15, 0.2) is 22.7 Å². The van der Waals surface area contributed by atoms with Gasteiger partial charge in [-0.15, -0.1) is 0 Å². The second-order valence-corrected chi connectivity index (χ2v) is 5.82. The first-order valence-electron chi connectivity index (χ1n) is 6.31. The zero-order chi connectivity index (χ0) is 12.5. The second kappa shape index (κ2) is 5.02. The molecule has 1 fully saturated rings. The summed E-state index contributed by atoms with van der Waals surface area (Å²) in [7, 11) is 0. The fourth-order valence-electron chi connectivity index (χ4n) is 2.64. The predicted octanol–water partition coefficient (Wildman–Crippen LogP) is 3.21. The van der Waals surface area contributed by atoms with Crippen LogP contribution in [-0.4, -0.2) is 25.1 Å². The molecule has 2 aliphatic heterocycles. The standard InChI is InChI=1S/C14H15BrO3/c15-10-3-4-13-11(6-10)12(16)7-14(18-13)9-2-1-5-17-8-9/h3-4,6,9,14H,1-2,5,7-8H2/t9-,14-/m0/s1. The Morgan fingerprint density at radius 2 is 2.22 bits per heavy atom. The SMILES string of the molecule is O=C1C[C@@H]([C@H]2CCCOC2)Oc2ccc(Br)cc21. The van der Waals surface area contributed by atoms with Crippen LogP contribution in [0.4, 0.5) is 0 Å². The molecule has 0 amide bonds. The highest BCUT2D eigenvalue weighted by Gasteiger charge is 2.33. The zero-order valence-corrected chi connectivity index (χ0v) is 11.6. The van der Waals surface area contributed by atoms with Crippen molar-refractivity contribution in [1.29, 1.82) is 0 Å². The van der Waals surface area contributed by atoms with E-state index >= 15 is 0 Å². The van der Waals surface area contributed by atoms with Gasteiger partial charge in [-0.2, -0.15) is 0 Å². The molecule has 3 nitrogen and oxygen atoms in total. The summed E-state index contributed by atoms with van der Waals surface area (Å²) in [6.07, 6.45) is 2.60. The number of Topliss-reactive ketones (excluding diaryl/α,β-unsaturated/α-hetero) is 1. The summed E-state index contributed by atoms with van der Waals surface area (Å²) in [4.78, 5) is 12.1. The largest absolute Gasteiger partial charge is 0.489 e. The summed E-state index contributed by atoms with van der Waals surface area (Å²) in [6, 6.07) is 5.62. The number of benzene rings is 1. The van der Waals surface area contributed by atoms with Gasteiger partial charge < -0.3 is 9.47 Å². The van der Waals surface area contributed by atoms with Crippen molar-refractivity contribution in [3.05, 3.63) is 28.2 Å². The molecule has 18 heavy (non-hydrogen) atoms. The van der Waals surface area contributed by atoms with E-state index in [0.29, 0.717) is 30.3 Å². The first-order chi connectivity index (χ1) is 8.74. The molecule has 0 aromatic heterocycles. The Morgan fingerprint density at radius 1 is 1.33 bits per heavy atom. The number of ketones is 1. The van der Waals surface area contributed by atoms with Crippen molar-refractivity contribution in [2.45, 2.75) is 25.4 Å². The molecule has 0 saturated carbocycles. The van der Waals surface area contributed by atoms with E-state index < -0.39 is 0 Å². The smallest absolute Gasteiger partial charge is 0.170 e. The van der Waals surface area contributed by atoms with Gasteiger partial charge in [0.2, 0.25) is 0 Å². The molecule has 2 aliphatic rings. The molecule has 0 bridgehead atoms. The number of hydrogen-bond acceptors (Lipinski definition) is 3. The molecule has 96 valence electrons. The first-order valence-corrected chi connectivity index (χ1v) is 7.10. The van der Waals surface area contributed by atoms with Crippen LogP contribution in [0.25, 0.3) is 0 Å². The lowest BCUT2D eigenvalue weighted by Crippen LogP contribution is -2.38. The van der Waals surface area contributed by atoms with Gasteiger partial charge in [-0.1, -0.05) is 15.9 Å². The fraction of sp³-hybridized carbons (Fsp3) is 0.500. The van der Waals surface area contributed by atoms with Gasteiger partial charge in [0.1, 0.15) is 11.9 Å². The maximum Gasteiger partial charge on any atom is 0.170 e. The Hall–Kier alpha value is -0.870. The van der Waals surface area contributed by atoms with Crippen LogP contribution >= 0.6 is 15.9 Å². The number of hydrogen-bond donors (Lipinski definition) is 0. The third-order valence-corrected chi connectivity index (χ3v) is 4.12. The average Bonchev–Trinajstić information content (AvgIpc) is 2.40. The topological polar surface area (TPSA) is 35.5 Å². The van der Waals surface area contributed by atoms with Crippen LogP contribution in [0.5, 0.6) is 5.75 Å². The van der Waals surface area contributed by atoms with Crippen LogP contribution < -0.4 is 4.74 Å². The highest BCUT2D eigenvalue weighted by atomic mass is 79.9. The predicted molar refractivity (Wildman–Crippen MR) is 71.0 cm³/mol. The maximum absolute atomic E-state index is 12.1. The Morgan fingerprint density at radius 3 is 3.00 bits per heavy atom. The molecule has 0 aliphatic carbocycles. The lowest BCUT2D eigenvalue weighted by molar-refractivity contribution is -0.00364. The summed E-state index contributed by atoms with van der Waals surface area (Å²) >= 11 is 3.38. The Bertz CT molecular complexity index is 466.